The maximum absolute atomic E-state index is 12.6. The lowest BCUT2D eigenvalue weighted by atomic mass is 10.1. The Hall–Kier alpha value is -2.78. The van der Waals surface area contributed by atoms with E-state index in [1.807, 2.05) is 80.6 Å². The van der Waals surface area contributed by atoms with E-state index in [-0.39, 0.29) is 11.8 Å². The van der Waals surface area contributed by atoms with Crippen molar-refractivity contribution in [2.45, 2.75) is 51.9 Å². The number of amides is 2. The summed E-state index contributed by atoms with van der Waals surface area (Å²) in [4.78, 5) is 33.7. The summed E-state index contributed by atoms with van der Waals surface area (Å²) in [6, 6.07) is 12.5. The Labute approximate surface area is 230 Å². The van der Waals surface area contributed by atoms with Gasteiger partial charge >= 0.3 is 0 Å². The molecule has 0 atom stereocenters. The number of anilines is 2. The molecule has 0 saturated heterocycles. The number of benzene rings is 2. The summed E-state index contributed by atoms with van der Waals surface area (Å²) >= 11 is 0. The Balaban J connectivity index is 1.88. The maximum atomic E-state index is 12.6. The molecule has 38 heavy (non-hydrogen) atoms. The van der Waals surface area contributed by atoms with Crippen molar-refractivity contribution in [2.24, 2.45) is 0 Å². The van der Waals surface area contributed by atoms with Crippen LogP contribution in [-0.2, 0) is 35.8 Å². The molecule has 0 aliphatic heterocycles. The lowest BCUT2D eigenvalue weighted by Crippen LogP contribution is -2.16. The van der Waals surface area contributed by atoms with E-state index in [0.717, 1.165) is 37.6 Å². The minimum atomic E-state index is -0.0204. The molecule has 0 aliphatic carbocycles. The summed E-state index contributed by atoms with van der Waals surface area (Å²) in [7, 11) is 16.3. The van der Waals surface area contributed by atoms with Gasteiger partial charge in [0.25, 0.3) is 0 Å². The summed E-state index contributed by atoms with van der Waals surface area (Å²) in [5, 5.41) is 6.11. The molecule has 0 saturated carbocycles. The zero-order valence-electron chi connectivity index (χ0n) is 24.7. The van der Waals surface area contributed by atoms with Gasteiger partial charge in [0.05, 0.1) is 0 Å². The molecule has 2 N–H and O–H groups in total. The molecule has 2 aromatic rings. The van der Waals surface area contributed by atoms with Gasteiger partial charge in [0.15, 0.2) is 0 Å². The van der Waals surface area contributed by atoms with E-state index in [0.29, 0.717) is 25.7 Å². The number of hydrogen-bond acceptors (Lipinski definition) is 6. The molecule has 0 aromatic heterocycles. The SMILES string of the molecule is CN(C)Cc1cc(CN(C)C)cc(NC(=O)CCCCC(=O)Nc2cc(CN(C)C)cc(CN(C)C)c2)c1. The molecule has 0 spiro atoms. The highest BCUT2D eigenvalue weighted by Gasteiger charge is 2.10. The first-order valence-corrected chi connectivity index (χ1v) is 13.3. The summed E-state index contributed by atoms with van der Waals surface area (Å²) in [5.41, 5.74) is 6.34. The van der Waals surface area contributed by atoms with Crippen molar-refractivity contribution in [3.8, 4) is 0 Å². The van der Waals surface area contributed by atoms with Gasteiger partial charge in [-0.25, -0.2) is 0 Å². The molecular weight excluding hydrogens is 476 g/mol. The molecule has 8 nitrogen and oxygen atoms in total. The molecule has 0 fully saturated rings. The molecule has 8 heteroatoms. The number of nitrogens with one attached hydrogen (secondary N) is 2. The van der Waals surface area contributed by atoms with E-state index in [1.54, 1.807) is 0 Å². The first kappa shape index (κ1) is 31.4. The molecular formula is C30H48N6O2. The van der Waals surface area contributed by atoms with Crippen molar-refractivity contribution in [3.63, 3.8) is 0 Å². The minimum absolute atomic E-state index is 0.0204. The Morgan fingerprint density at radius 2 is 0.763 bits per heavy atom. The fourth-order valence-electron chi connectivity index (χ4n) is 4.51. The molecule has 0 radical (unpaired) electrons. The molecule has 2 aromatic carbocycles. The average Bonchev–Trinajstić information content (AvgIpc) is 2.74. The van der Waals surface area contributed by atoms with E-state index in [1.165, 1.54) is 22.3 Å². The summed E-state index contributed by atoms with van der Waals surface area (Å²) in [6.45, 7) is 3.25. The van der Waals surface area contributed by atoms with Crippen molar-refractivity contribution in [2.75, 3.05) is 67.0 Å². The van der Waals surface area contributed by atoms with Gasteiger partial charge in [0, 0.05) is 50.4 Å². The fraction of sp³-hybridized carbons (Fsp3) is 0.533. The summed E-state index contributed by atoms with van der Waals surface area (Å²) in [5.74, 6) is -0.0409. The molecule has 0 unspecified atom stereocenters. The Morgan fingerprint density at radius 1 is 0.500 bits per heavy atom. The summed E-state index contributed by atoms with van der Waals surface area (Å²) < 4.78 is 0. The molecule has 210 valence electrons. The smallest absolute Gasteiger partial charge is 0.224 e. The first-order valence-electron chi connectivity index (χ1n) is 13.3. The van der Waals surface area contributed by atoms with E-state index >= 15 is 0 Å². The highest BCUT2D eigenvalue weighted by Crippen LogP contribution is 2.20. The quantitative estimate of drug-likeness (QED) is 0.342. The van der Waals surface area contributed by atoms with Gasteiger partial charge < -0.3 is 30.2 Å². The zero-order valence-corrected chi connectivity index (χ0v) is 24.7. The second-order valence-corrected chi connectivity index (χ2v) is 11.3. The van der Waals surface area contributed by atoms with Crippen molar-refractivity contribution in [1.82, 2.24) is 19.6 Å². The van der Waals surface area contributed by atoms with Gasteiger partial charge in [-0.15, -0.1) is 0 Å². The van der Waals surface area contributed by atoms with Crippen LogP contribution in [-0.4, -0.2) is 87.8 Å². The van der Waals surface area contributed by atoms with E-state index in [2.05, 4.69) is 42.4 Å². The second-order valence-electron chi connectivity index (χ2n) is 11.3. The van der Waals surface area contributed by atoms with Gasteiger partial charge in [-0.2, -0.15) is 0 Å². The highest BCUT2D eigenvalue weighted by molar-refractivity contribution is 5.92. The topological polar surface area (TPSA) is 71.2 Å². The number of carbonyl (C=O) groups is 2. The second kappa shape index (κ2) is 15.6. The van der Waals surface area contributed by atoms with E-state index < -0.39 is 0 Å². The van der Waals surface area contributed by atoms with Crippen LogP contribution in [0.5, 0.6) is 0 Å². The van der Waals surface area contributed by atoms with Crippen molar-refractivity contribution < 1.29 is 9.59 Å². The van der Waals surface area contributed by atoms with E-state index in [4.69, 9.17) is 0 Å². The third-order valence-corrected chi connectivity index (χ3v) is 5.73. The predicted octanol–water partition coefficient (Wildman–Crippen LogP) is 4.07. The third-order valence-electron chi connectivity index (χ3n) is 5.73. The molecule has 0 bridgehead atoms. The number of rotatable bonds is 15. The normalized spacial score (nSPS) is 11.6. The predicted molar refractivity (Wildman–Crippen MR) is 158 cm³/mol. The van der Waals surface area contributed by atoms with Crippen LogP contribution >= 0.6 is 0 Å². The molecule has 2 rings (SSSR count). The third kappa shape index (κ3) is 12.6. The van der Waals surface area contributed by atoms with Gasteiger partial charge in [0.2, 0.25) is 11.8 Å². The van der Waals surface area contributed by atoms with Crippen molar-refractivity contribution in [3.05, 3.63) is 58.7 Å². The van der Waals surface area contributed by atoms with Crippen molar-refractivity contribution in [1.29, 1.82) is 0 Å². The number of carbonyl (C=O) groups excluding carboxylic acids is 2. The van der Waals surface area contributed by atoms with Crippen LogP contribution in [0.3, 0.4) is 0 Å². The Bertz CT molecular complexity index is 909. The fourth-order valence-corrected chi connectivity index (χ4v) is 4.51. The van der Waals surface area contributed by atoms with Gasteiger partial charge in [-0.05, 0) is 116 Å². The lowest BCUT2D eigenvalue weighted by Gasteiger charge is -2.16. The van der Waals surface area contributed by atoms with Crippen LogP contribution in [0.25, 0.3) is 0 Å². The molecule has 0 heterocycles. The van der Waals surface area contributed by atoms with Gasteiger partial charge in [0.1, 0.15) is 0 Å². The Morgan fingerprint density at radius 3 is 1.00 bits per heavy atom. The standard InChI is InChI=1S/C30H48N6O2/c1-33(2)19-23-13-24(20-34(3)4)16-27(15-23)31-29(37)11-9-10-12-30(38)32-28-17-25(21-35(5)6)14-26(18-28)22-36(7)8/h13-18H,9-12,19-22H2,1-8H3,(H,31,37)(H,32,38). The van der Waals surface area contributed by atoms with Crippen LogP contribution in [0.1, 0.15) is 47.9 Å². The maximum Gasteiger partial charge on any atom is 0.224 e. The molecule has 2 amide bonds. The number of nitrogens with zero attached hydrogens (tertiary/aromatic N) is 4. The van der Waals surface area contributed by atoms with Crippen LogP contribution < -0.4 is 10.6 Å². The number of hydrogen-bond donors (Lipinski definition) is 2. The zero-order chi connectivity index (χ0) is 28.2. The first-order chi connectivity index (χ1) is 17.9. The molecule has 0 aliphatic rings. The highest BCUT2D eigenvalue weighted by atomic mass is 16.2. The van der Waals surface area contributed by atoms with Crippen LogP contribution in [0, 0.1) is 0 Å². The monoisotopic (exact) mass is 524 g/mol. The average molecular weight is 525 g/mol. The van der Waals surface area contributed by atoms with Crippen LogP contribution in [0.4, 0.5) is 11.4 Å². The van der Waals surface area contributed by atoms with Crippen LogP contribution in [0.15, 0.2) is 36.4 Å². The van der Waals surface area contributed by atoms with E-state index in [9.17, 15) is 9.59 Å². The number of unbranched alkanes of at least 4 members (excludes halogenated alkanes) is 1. The Kier molecular flexibility index (Phi) is 12.9. The minimum Gasteiger partial charge on any atom is -0.326 e. The van der Waals surface area contributed by atoms with Gasteiger partial charge in [-0.1, -0.05) is 12.1 Å². The van der Waals surface area contributed by atoms with Gasteiger partial charge in [-0.3, -0.25) is 9.59 Å². The van der Waals surface area contributed by atoms with Crippen molar-refractivity contribution >= 4 is 23.2 Å². The summed E-state index contributed by atoms with van der Waals surface area (Å²) in [6.07, 6.45) is 2.10. The largest absolute Gasteiger partial charge is 0.326 e. The lowest BCUT2D eigenvalue weighted by molar-refractivity contribution is -0.118. The van der Waals surface area contributed by atoms with Crippen LogP contribution in [0.2, 0.25) is 0 Å².